The zero-order chi connectivity index (χ0) is 10.2. The molecule has 1 N–H and O–H groups in total. The molecule has 0 radical (unpaired) electrons. The molecule has 82 valence electrons. The molecule has 2 rings (SSSR count). The zero-order valence-electron chi connectivity index (χ0n) is 9.50. The van der Waals surface area contributed by atoms with Gasteiger partial charge in [0.15, 0.2) is 0 Å². The van der Waals surface area contributed by atoms with Crippen molar-refractivity contribution in [3.8, 4) is 0 Å². The molecule has 1 saturated heterocycles. The molecule has 0 aromatic carbocycles. The first-order valence-corrected chi connectivity index (χ1v) is 6.02. The number of nitrogens with zero attached hydrogens (tertiary/aromatic N) is 1. The van der Waals surface area contributed by atoms with Crippen LogP contribution in [0.5, 0.6) is 0 Å². The standard InChI is InChI=1S/C12H23NO/c1-10-3-5-12(9-14,6-4-10)13-7-11(2)8-13/h10-11,14H,3-9H2,1-2H3. The summed E-state index contributed by atoms with van der Waals surface area (Å²) in [7, 11) is 0. The maximum absolute atomic E-state index is 9.61. The van der Waals surface area contributed by atoms with Crippen molar-refractivity contribution in [2.75, 3.05) is 19.7 Å². The zero-order valence-corrected chi connectivity index (χ0v) is 9.50. The molecule has 2 nitrogen and oxygen atoms in total. The predicted octanol–water partition coefficient (Wildman–Crippen LogP) is 1.88. The highest BCUT2D eigenvalue weighted by molar-refractivity contribution is 4.98. The Morgan fingerprint density at radius 3 is 2.14 bits per heavy atom. The minimum absolute atomic E-state index is 0.166. The van der Waals surface area contributed by atoms with Gasteiger partial charge in [0.05, 0.1) is 6.61 Å². The third kappa shape index (κ3) is 1.70. The number of aliphatic hydroxyl groups excluding tert-OH is 1. The minimum atomic E-state index is 0.166. The molecule has 0 amide bonds. The van der Waals surface area contributed by atoms with E-state index in [1.165, 1.54) is 38.8 Å². The molecule has 0 spiro atoms. The average molecular weight is 197 g/mol. The number of rotatable bonds is 2. The molecule has 2 aliphatic rings. The Morgan fingerprint density at radius 2 is 1.71 bits per heavy atom. The van der Waals surface area contributed by atoms with Crippen LogP contribution in [-0.4, -0.2) is 35.2 Å². The molecule has 2 fully saturated rings. The average Bonchev–Trinajstić information content (AvgIpc) is 2.16. The summed E-state index contributed by atoms with van der Waals surface area (Å²) in [5.41, 5.74) is 0.166. The first-order valence-electron chi connectivity index (χ1n) is 6.02. The lowest BCUT2D eigenvalue weighted by Gasteiger charge is -2.53. The highest BCUT2D eigenvalue weighted by Crippen LogP contribution is 2.39. The molecule has 2 heteroatoms. The molecule has 0 aromatic heterocycles. The van der Waals surface area contributed by atoms with Gasteiger partial charge in [0, 0.05) is 18.6 Å². The van der Waals surface area contributed by atoms with E-state index < -0.39 is 0 Å². The van der Waals surface area contributed by atoms with Gasteiger partial charge in [0.1, 0.15) is 0 Å². The van der Waals surface area contributed by atoms with E-state index in [-0.39, 0.29) is 5.54 Å². The van der Waals surface area contributed by atoms with Gasteiger partial charge in [-0.1, -0.05) is 13.8 Å². The largest absolute Gasteiger partial charge is 0.394 e. The Balaban J connectivity index is 1.96. The van der Waals surface area contributed by atoms with Crippen LogP contribution in [0.4, 0.5) is 0 Å². The van der Waals surface area contributed by atoms with Crippen LogP contribution in [0.1, 0.15) is 39.5 Å². The predicted molar refractivity (Wildman–Crippen MR) is 58.2 cm³/mol. The van der Waals surface area contributed by atoms with Crippen molar-refractivity contribution in [3.05, 3.63) is 0 Å². The van der Waals surface area contributed by atoms with Gasteiger partial charge < -0.3 is 5.11 Å². The molecule has 1 heterocycles. The molecule has 0 unspecified atom stereocenters. The second kappa shape index (κ2) is 3.82. The van der Waals surface area contributed by atoms with E-state index in [1.54, 1.807) is 0 Å². The monoisotopic (exact) mass is 197 g/mol. The lowest BCUT2D eigenvalue weighted by atomic mass is 9.74. The molecular formula is C12H23NO. The maximum Gasteiger partial charge on any atom is 0.0615 e. The minimum Gasteiger partial charge on any atom is -0.394 e. The smallest absolute Gasteiger partial charge is 0.0615 e. The van der Waals surface area contributed by atoms with E-state index in [1.807, 2.05) is 0 Å². The molecule has 1 aliphatic carbocycles. The van der Waals surface area contributed by atoms with Gasteiger partial charge in [0.25, 0.3) is 0 Å². The molecule has 1 aliphatic heterocycles. The number of aliphatic hydroxyl groups is 1. The summed E-state index contributed by atoms with van der Waals surface area (Å²) < 4.78 is 0. The van der Waals surface area contributed by atoms with E-state index in [2.05, 4.69) is 18.7 Å². The third-order valence-electron chi connectivity index (χ3n) is 4.23. The van der Waals surface area contributed by atoms with Crippen LogP contribution in [0.15, 0.2) is 0 Å². The van der Waals surface area contributed by atoms with Gasteiger partial charge in [-0.15, -0.1) is 0 Å². The van der Waals surface area contributed by atoms with Gasteiger partial charge in [-0.25, -0.2) is 0 Å². The summed E-state index contributed by atoms with van der Waals surface area (Å²) in [5, 5.41) is 9.61. The van der Waals surface area contributed by atoms with Gasteiger partial charge in [-0.3, -0.25) is 4.90 Å². The van der Waals surface area contributed by atoms with E-state index in [0.717, 1.165) is 11.8 Å². The summed E-state index contributed by atoms with van der Waals surface area (Å²) in [6.45, 7) is 7.41. The molecule has 0 bridgehead atoms. The van der Waals surface area contributed by atoms with Crippen molar-refractivity contribution in [2.45, 2.75) is 45.1 Å². The topological polar surface area (TPSA) is 23.5 Å². The summed E-state index contributed by atoms with van der Waals surface area (Å²) >= 11 is 0. The summed E-state index contributed by atoms with van der Waals surface area (Å²) in [5.74, 6) is 1.71. The summed E-state index contributed by atoms with van der Waals surface area (Å²) in [4.78, 5) is 2.52. The Kier molecular flexibility index (Phi) is 2.85. The van der Waals surface area contributed by atoms with Gasteiger partial charge in [0.2, 0.25) is 0 Å². The van der Waals surface area contributed by atoms with Gasteiger partial charge in [-0.2, -0.15) is 0 Å². The number of hydrogen-bond acceptors (Lipinski definition) is 2. The number of hydrogen-bond donors (Lipinski definition) is 1. The Bertz CT molecular complexity index is 190. The van der Waals surface area contributed by atoms with Crippen LogP contribution >= 0.6 is 0 Å². The van der Waals surface area contributed by atoms with Crippen LogP contribution in [-0.2, 0) is 0 Å². The third-order valence-corrected chi connectivity index (χ3v) is 4.23. The van der Waals surface area contributed by atoms with Gasteiger partial charge >= 0.3 is 0 Å². The van der Waals surface area contributed by atoms with Crippen molar-refractivity contribution in [1.29, 1.82) is 0 Å². The summed E-state index contributed by atoms with van der Waals surface area (Å²) in [6.07, 6.45) is 5.01. The van der Waals surface area contributed by atoms with E-state index in [9.17, 15) is 5.11 Å². The second-order valence-corrected chi connectivity index (χ2v) is 5.58. The summed E-state index contributed by atoms with van der Waals surface area (Å²) in [6, 6.07) is 0. The van der Waals surface area contributed by atoms with Crippen LogP contribution in [0.3, 0.4) is 0 Å². The van der Waals surface area contributed by atoms with E-state index in [0.29, 0.717) is 6.61 Å². The molecule has 1 saturated carbocycles. The van der Waals surface area contributed by atoms with Crippen molar-refractivity contribution in [1.82, 2.24) is 4.90 Å². The van der Waals surface area contributed by atoms with E-state index >= 15 is 0 Å². The normalized spacial score (nSPS) is 40.9. The first-order chi connectivity index (χ1) is 6.66. The molecular weight excluding hydrogens is 174 g/mol. The quantitative estimate of drug-likeness (QED) is 0.730. The van der Waals surface area contributed by atoms with Crippen molar-refractivity contribution < 1.29 is 5.11 Å². The number of likely N-dealkylation sites (tertiary alicyclic amines) is 1. The van der Waals surface area contributed by atoms with E-state index in [4.69, 9.17) is 0 Å². The maximum atomic E-state index is 9.61. The van der Waals surface area contributed by atoms with Crippen molar-refractivity contribution >= 4 is 0 Å². The highest BCUT2D eigenvalue weighted by Gasteiger charge is 2.43. The van der Waals surface area contributed by atoms with Crippen LogP contribution < -0.4 is 0 Å². The molecule has 14 heavy (non-hydrogen) atoms. The Hall–Kier alpha value is -0.0800. The van der Waals surface area contributed by atoms with Crippen LogP contribution in [0.2, 0.25) is 0 Å². The Morgan fingerprint density at radius 1 is 1.14 bits per heavy atom. The van der Waals surface area contributed by atoms with Crippen molar-refractivity contribution in [3.63, 3.8) is 0 Å². The lowest BCUT2D eigenvalue weighted by Crippen LogP contribution is -2.62. The molecule has 0 atom stereocenters. The Labute approximate surface area is 87.3 Å². The highest BCUT2D eigenvalue weighted by atomic mass is 16.3. The lowest BCUT2D eigenvalue weighted by molar-refractivity contribution is -0.0672. The molecule has 0 aromatic rings. The van der Waals surface area contributed by atoms with Gasteiger partial charge in [-0.05, 0) is 37.5 Å². The van der Waals surface area contributed by atoms with Crippen LogP contribution in [0, 0.1) is 11.8 Å². The fourth-order valence-electron chi connectivity index (χ4n) is 2.96. The fraction of sp³-hybridized carbons (Fsp3) is 1.00. The van der Waals surface area contributed by atoms with Crippen LogP contribution in [0.25, 0.3) is 0 Å². The second-order valence-electron chi connectivity index (χ2n) is 5.58. The first kappa shape index (κ1) is 10.4. The SMILES string of the molecule is CC1CCC(CO)(N2CC(C)C2)CC1. The van der Waals surface area contributed by atoms with Crippen molar-refractivity contribution in [2.24, 2.45) is 11.8 Å². The fourth-order valence-corrected chi connectivity index (χ4v) is 2.96.